The van der Waals surface area contributed by atoms with E-state index < -0.39 is 0 Å². The highest BCUT2D eigenvalue weighted by atomic mass is 32.1. The van der Waals surface area contributed by atoms with E-state index in [0.29, 0.717) is 0 Å². The van der Waals surface area contributed by atoms with Crippen molar-refractivity contribution < 1.29 is 5.11 Å². The number of hydrogen-bond donors (Lipinski definition) is 2. The Hall–Kier alpha value is 0.310. The van der Waals surface area contributed by atoms with Crippen molar-refractivity contribution in [1.29, 1.82) is 0 Å². The minimum Gasteiger partial charge on any atom is -0.395 e. The summed E-state index contributed by atoms with van der Waals surface area (Å²) in [6.07, 6.45) is 3.42. The average molecular weight is 118 g/mol. The zero-order valence-corrected chi connectivity index (χ0v) is 5.12. The Kier molecular flexibility index (Phi) is 1.30. The Morgan fingerprint density at radius 3 is 2.14 bits per heavy atom. The van der Waals surface area contributed by atoms with Gasteiger partial charge < -0.3 is 5.11 Å². The zero-order valence-electron chi connectivity index (χ0n) is 4.22. The third-order valence-corrected chi connectivity index (χ3v) is 2.17. The maximum absolute atomic E-state index is 8.57. The highest BCUT2D eigenvalue weighted by Gasteiger charge is 2.31. The fourth-order valence-corrected chi connectivity index (χ4v) is 1.06. The molecule has 42 valence electrons. The molecule has 2 heteroatoms. The maximum Gasteiger partial charge on any atom is 0.0575 e. The van der Waals surface area contributed by atoms with Crippen molar-refractivity contribution >= 4 is 12.6 Å². The smallest absolute Gasteiger partial charge is 0.0575 e. The van der Waals surface area contributed by atoms with Gasteiger partial charge in [0, 0.05) is 4.75 Å². The van der Waals surface area contributed by atoms with Gasteiger partial charge in [-0.25, -0.2) is 0 Å². The minimum atomic E-state index is 0.0139. The molecule has 0 radical (unpaired) electrons. The second-order valence-electron chi connectivity index (χ2n) is 2.24. The SMILES string of the molecule is OCC1(S)CCC1. The quantitative estimate of drug-likeness (QED) is 0.489. The normalized spacial score (nSPS) is 26.6. The first-order valence-electron chi connectivity index (χ1n) is 2.60. The highest BCUT2D eigenvalue weighted by molar-refractivity contribution is 7.81. The highest BCUT2D eigenvalue weighted by Crippen LogP contribution is 2.36. The second-order valence-corrected chi connectivity index (χ2v) is 3.18. The summed E-state index contributed by atoms with van der Waals surface area (Å²) in [6, 6.07) is 0. The molecule has 1 fully saturated rings. The lowest BCUT2D eigenvalue weighted by molar-refractivity contribution is 0.192. The molecule has 1 rings (SSSR count). The van der Waals surface area contributed by atoms with E-state index in [1.54, 1.807) is 0 Å². The van der Waals surface area contributed by atoms with Crippen molar-refractivity contribution in [3.05, 3.63) is 0 Å². The van der Waals surface area contributed by atoms with E-state index >= 15 is 0 Å². The van der Waals surface area contributed by atoms with Crippen LogP contribution in [-0.2, 0) is 0 Å². The molecule has 0 heterocycles. The molecular formula is C5H10OS. The first-order chi connectivity index (χ1) is 3.27. The van der Waals surface area contributed by atoms with Gasteiger partial charge in [-0.2, -0.15) is 12.6 Å². The van der Waals surface area contributed by atoms with Crippen LogP contribution in [0.1, 0.15) is 19.3 Å². The van der Waals surface area contributed by atoms with Gasteiger partial charge in [-0.15, -0.1) is 0 Å². The second kappa shape index (κ2) is 1.67. The molecule has 0 aromatic carbocycles. The standard InChI is InChI=1S/C5H10OS/c6-4-5(7)2-1-3-5/h6-7H,1-4H2. The summed E-state index contributed by atoms with van der Waals surface area (Å²) < 4.78 is 0.0139. The van der Waals surface area contributed by atoms with E-state index in [0.717, 1.165) is 12.8 Å². The van der Waals surface area contributed by atoms with Crippen LogP contribution >= 0.6 is 12.6 Å². The topological polar surface area (TPSA) is 20.2 Å². The molecule has 0 aromatic rings. The van der Waals surface area contributed by atoms with Crippen LogP contribution in [-0.4, -0.2) is 16.5 Å². The van der Waals surface area contributed by atoms with Crippen molar-refractivity contribution in [3.8, 4) is 0 Å². The molecule has 1 N–H and O–H groups in total. The van der Waals surface area contributed by atoms with Gasteiger partial charge in [0.05, 0.1) is 6.61 Å². The summed E-state index contributed by atoms with van der Waals surface area (Å²) in [5.41, 5.74) is 0. The predicted molar refractivity (Wildman–Crippen MR) is 32.7 cm³/mol. The summed E-state index contributed by atoms with van der Waals surface area (Å²) >= 11 is 4.22. The lowest BCUT2D eigenvalue weighted by Crippen LogP contribution is -2.34. The molecule has 1 aliphatic rings. The van der Waals surface area contributed by atoms with Gasteiger partial charge >= 0.3 is 0 Å². The van der Waals surface area contributed by atoms with E-state index in [1.807, 2.05) is 0 Å². The van der Waals surface area contributed by atoms with E-state index in [9.17, 15) is 0 Å². The molecule has 0 atom stereocenters. The number of aliphatic hydroxyl groups excluding tert-OH is 1. The van der Waals surface area contributed by atoms with E-state index in [4.69, 9.17) is 5.11 Å². The average Bonchev–Trinajstić information content (AvgIpc) is 1.61. The summed E-state index contributed by atoms with van der Waals surface area (Å²) in [4.78, 5) is 0. The number of rotatable bonds is 1. The Balaban J connectivity index is 2.29. The monoisotopic (exact) mass is 118 g/mol. The Bertz CT molecular complexity index is 63.0. The number of hydrogen-bond acceptors (Lipinski definition) is 2. The molecular weight excluding hydrogens is 108 g/mol. The van der Waals surface area contributed by atoms with Crippen LogP contribution in [0.25, 0.3) is 0 Å². The maximum atomic E-state index is 8.57. The third kappa shape index (κ3) is 0.916. The van der Waals surface area contributed by atoms with E-state index in [-0.39, 0.29) is 11.4 Å². The molecule has 0 unspecified atom stereocenters. The number of thiol groups is 1. The minimum absolute atomic E-state index is 0.0139. The van der Waals surface area contributed by atoms with Gasteiger partial charge in [0.25, 0.3) is 0 Å². The zero-order chi connectivity index (χ0) is 5.33. The fraction of sp³-hybridized carbons (Fsp3) is 1.00. The van der Waals surface area contributed by atoms with Crippen LogP contribution in [0, 0.1) is 0 Å². The van der Waals surface area contributed by atoms with Crippen LogP contribution in [0.15, 0.2) is 0 Å². The lowest BCUT2D eigenvalue weighted by atomic mass is 9.85. The van der Waals surface area contributed by atoms with Crippen molar-refractivity contribution in [2.75, 3.05) is 6.61 Å². The van der Waals surface area contributed by atoms with Gasteiger partial charge in [0.1, 0.15) is 0 Å². The van der Waals surface area contributed by atoms with Crippen molar-refractivity contribution in [2.45, 2.75) is 24.0 Å². The molecule has 0 spiro atoms. The van der Waals surface area contributed by atoms with Crippen LogP contribution in [0.3, 0.4) is 0 Å². The predicted octanol–water partition coefficient (Wildman–Crippen LogP) is 0.831. The summed E-state index contributed by atoms with van der Waals surface area (Å²) in [5, 5.41) is 8.57. The van der Waals surface area contributed by atoms with Crippen LogP contribution in [0.4, 0.5) is 0 Å². The lowest BCUT2D eigenvalue weighted by Gasteiger charge is -2.34. The van der Waals surface area contributed by atoms with Gasteiger partial charge in [-0.05, 0) is 12.8 Å². The molecule has 0 bridgehead atoms. The number of aliphatic hydroxyl groups is 1. The Morgan fingerprint density at radius 2 is 2.14 bits per heavy atom. The van der Waals surface area contributed by atoms with Crippen molar-refractivity contribution in [1.82, 2.24) is 0 Å². The Morgan fingerprint density at radius 1 is 1.57 bits per heavy atom. The third-order valence-electron chi connectivity index (χ3n) is 1.58. The first kappa shape index (κ1) is 5.45. The van der Waals surface area contributed by atoms with Gasteiger partial charge in [0.15, 0.2) is 0 Å². The first-order valence-corrected chi connectivity index (χ1v) is 3.05. The van der Waals surface area contributed by atoms with Gasteiger partial charge in [0.2, 0.25) is 0 Å². The van der Waals surface area contributed by atoms with Gasteiger partial charge in [-0.3, -0.25) is 0 Å². The van der Waals surface area contributed by atoms with Gasteiger partial charge in [-0.1, -0.05) is 6.42 Å². The van der Waals surface area contributed by atoms with Crippen molar-refractivity contribution in [2.24, 2.45) is 0 Å². The summed E-state index contributed by atoms with van der Waals surface area (Å²) in [6.45, 7) is 0.246. The molecule has 1 nitrogen and oxygen atoms in total. The van der Waals surface area contributed by atoms with Crippen LogP contribution in [0.5, 0.6) is 0 Å². The summed E-state index contributed by atoms with van der Waals surface area (Å²) in [5.74, 6) is 0. The molecule has 7 heavy (non-hydrogen) atoms. The molecule has 0 saturated heterocycles. The van der Waals surface area contributed by atoms with Crippen LogP contribution < -0.4 is 0 Å². The largest absolute Gasteiger partial charge is 0.395 e. The van der Waals surface area contributed by atoms with Crippen LogP contribution in [0.2, 0.25) is 0 Å². The van der Waals surface area contributed by atoms with E-state index in [2.05, 4.69) is 12.6 Å². The molecule has 0 aliphatic heterocycles. The molecule has 1 aliphatic carbocycles. The fourth-order valence-electron chi connectivity index (χ4n) is 0.743. The molecule has 0 amide bonds. The summed E-state index contributed by atoms with van der Waals surface area (Å²) in [7, 11) is 0. The Labute approximate surface area is 49.1 Å². The molecule has 1 saturated carbocycles. The van der Waals surface area contributed by atoms with Crippen molar-refractivity contribution in [3.63, 3.8) is 0 Å². The molecule has 0 aromatic heterocycles. The van der Waals surface area contributed by atoms with E-state index in [1.165, 1.54) is 6.42 Å².